The highest BCUT2D eigenvalue weighted by atomic mass is 28.3. The van der Waals surface area contributed by atoms with Crippen LogP contribution in [0.4, 0.5) is 0 Å². The van der Waals surface area contributed by atoms with Crippen molar-refractivity contribution in [2.75, 3.05) is 6.54 Å². The second-order valence-electron chi connectivity index (χ2n) is 5.88. The van der Waals surface area contributed by atoms with Crippen molar-refractivity contribution in [1.29, 1.82) is 0 Å². The summed E-state index contributed by atoms with van der Waals surface area (Å²) in [7, 11) is -0.830. The molecule has 0 unspecified atom stereocenters. The number of hydrogen-bond donors (Lipinski definition) is 0. The predicted molar refractivity (Wildman–Crippen MR) is 70.2 cm³/mol. The zero-order valence-corrected chi connectivity index (χ0v) is 11.9. The summed E-state index contributed by atoms with van der Waals surface area (Å²) >= 11 is 0. The van der Waals surface area contributed by atoms with E-state index in [4.69, 9.17) is 0 Å². The van der Waals surface area contributed by atoms with Crippen LogP contribution >= 0.6 is 0 Å². The lowest BCUT2D eigenvalue weighted by atomic mass is 10.1. The van der Waals surface area contributed by atoms with Crippen molar-refractivity contribution < 1.29 is 0 Å². The van der Waals surface area contributed by atoms with Gasteiger partial charge in [0.15, 0.2) is 0 Å². The summed E-state index contributed by atoms with van der Waals surface area (Å²) in [5, 5.41) is 0. The smallest absolute Gasteiger partial charge is 0.0443 e. The fourth-order valence-electron chi connectivity index (χ4n) is 1.53. The van der Waals surface area contributed by atoms with Crippen LogP contribution in [0.15, 0.2) is 4.99 Å². The number of aliphatic imine (C=N–C) groups is 1. The normalized spacial score (nSPS) is 13.8. The van der Waals surface area contributed by atoms with E-state index < -0.39 is 8.07 Å². The minimum Gasteiger partial charge on any atom is -0.294 e. The maximum Gasteiger partial charge on any atom is 0.0443 e. The summed E-state index contributed by atoms with van der Waals surface area (Å²) in [5.41, 5.74) is 1.33. The van der Waals surface area contributed by atoms with E-state index in [1.165, 1.54) is 18.2 Å². The van der Waals surface area contributed by atoms with Crippen LogP contribution in [-0.4, -0.2) is 20.3 Å². The van der Waals surface area contributed by atoms with Gasteiger partial charge in [-0.05, 0) is 25.7 Å². The Labute approximate surface area is 91.0 Å². The average molecular weight is 213 g/mol. The number of rotatable bonds is 6. The van der Waals surface area contributed by atoms with E-state index in [1.54, 1.807) is 0 Å². The molecule has 0 fully saturated rings. The largest absolute Gasteiger partial charge is 0.294 e. The van der Waals surface area contributed by atoms with E-state index >= 15 is 0 Å². The first-order chi connectivity index (χ1) is 6.31. The Hall–Kier alpha value is -0.113. The molecule has 0 aromatic rings. The van der Waals surface area contributed by atoms with Gasteiger partial charge in [0.2, 0.25) is 0 Å². The quantitative estimate of drug-likeness (QED) is 0.356. The van der Waals surface area contributed by atoms with Crippen LogP contribution in [0.5, 0.6) is 0 Å². The van der Waals surface area contributed by atoms with Crippen LogP contribution in [0.3, 0.4) is 0 Å². The van der Waals surface area contributed by atoms with Gasteiger partial charge in [-0.25, -0.2) is 0 Å². The van der Waals surface area contributed by atoms with Crippen molar-refractivity contribution >= 4 is 13.8 Å². The van der Waals surface area contributed by atoms with Crippen LogP contribution in [0.2, 0.25) is 25.7 Å². The molecule has 0 atom stereocenters. The number of nitrogens with zero attached hydrogens (tertiary/aromatic N) is 1. The van der Waals surface area contributed by atoms with Crippen LogP contribution < -0.4 is 0 Å². The Kier molecular flexibility index (Phi) is 6.33. The fourth-order valence-corrected chi connectivity index (χ4v) is 2.75. The van der Waals surface area contributed by atoms with Crippen molar-refractivity contribution in [3.8, 4) is 0 Å². The highest BCUT2D eigenvalue weighted by Crippen LogP contribution is 2.11. The molecule has 0 saturated carbocycles. The third kappa shape index (κ3) is 9.97. The van der Waals surface area contributed by atoms with Crippen LogP contribution in [0.25, 0.3) is 0 Å². The van der Waals surface area contributed by atoms with Gasteiger partial charge in [0.1, 0.15) is 0 Å². The topological polar surface area (TPSA) is 12.4 Å². The van der Waals surface area contributed by atoms with E-state index in [9.17, 15) is 0 Å². The molecule has 14 heavy (non-hydrogen) atoms. The van der Waals surface area contributed by atoms with Gasteiger partial charge in [-0.15, -0.1) is 0 Å². The Morgan fingerprint density at radius 2 is 1.79 bits per heavy atom. The summed E-state index contributed by atoms with van der Waals surface area (Å²) in [5.74, 6) is 0.746. The van der Waals surface area contributed by atoms with Gasteiger partial charge in [-0.3, -0.25) is 4.99 Å². The fraction of sp³-hybridized carbons (Fsp3) is 0.917. The minimum atomic E-state index is -0.830. The summed E-state index contributed by atoms with van der Waals surface area (Å²) < 4.78 is 0. The van der Waals surface area contributed by atoms with Crippen LogP contribution in [0.1, 0.15) is 33.6 Å². The lowest BCUT2D eigenvalue weighted by Crippen LogP contribution is -2.19. The van der Waals surface area contributed by atoms with Crippen molar-refractivity contribution in [3.63, 3.8) is 0 Å². The first-order valence-corrected chi connectivity index (χ1v) is 9.52. The van der Waals surface area contributed by atoms with Gasteiger partial charge in [-0.1, -0.05) is 39.5 Å². The third-order valence-electron chi connectivity index (χ3n) is 2.17. The van der Waals surface area contributed by atoms with Crippen LogP contribution in [-0.2, 0) is 0 Å². The Morgan fingerprint density at radius 3 is 2.21 bits per heavy atom. The molecule has 0 aliphatic carbocycles. The van der Waals surface area contributed by atoms with Gasteiger partial charge in [0.25, 0.3) is 0 Å². The molecule has 0 aromatic heterocycles. The van der Waals surface area contributed by atoms with E-state index in [0.29, 0.717) is 0 Å². The summed E-state index contributed by atoms with van der Waals surface area (Å²) in [6.45, 7) is 15.0. The van der Waals surface area contributed by atoms with Crippen molar-refractivity contribution in [2.45, 2.75) is 59.3 Å². The molecule has 0 aliphatic rings. The molecule has 0 spiro atoms. The monoisotopic (exact) mass is 213 g/mol. The van der Waals surface area contributed by atoms with Gasteiger partial charge in [0.05, 0.1) is 0 Å². The molecule has 0 rings (SSSR count). The molecule has 84 valence electrons. The maximum atomic E-state index is 4.61. The highest BCUT2D eigenvalue weighted by molar-refractivity contribution is 6.76. The zero-order valence-electron chi connectivity index (χ0n) is 10.9. The molecule has 0 radical (unpaired) electrons. The molecule has 0 heterocycles. The third-order valence-corrected chi connectivity index (χ3v) is 4.02. The maximum absolute atomic E-state index is 4.61. The summed E-state index contributed by atoms with van der Waals surface area (Å²) in [4.78, 5) is 4.61. The Balaban J connectivity index is 3.61. The lowest BCUT2D eigenvalue weighted by Gasteiger charge is -2.14. The van der Waals surface area contributed by atoms with Crippen molar-refractivity contribution in [3.05, 3.63) is 0 Å². The molecule has 0 N–H and O–H groups in total. The lowest BCUT2D eigenvalue weighted by molar-refractivity contribution is 0.679. The molecule has 0 bridgehead atoms. The molecule has 1 nitrogen and oxygen atoms in total. The Bertz CT molecular complexity index is 177. The van der Waals surface area contributed by atoms with E-state index in [1.807, 2.05) is 0 Å². The van der Waals surface area contributed by atoms with Gasteiger partial charge >= 0.3 is 0 Å². The van der Waals surface area contributed by atoms with Gasteiger partial charge in [0, 0.05) is 20.3 Å². The van der Waals surface area contributed by atoms with Crippen molar-refractivity contribution in [2.24, 2.45) is 10.9 Å². The molecule has 2 heteroatoms. The average Bonchev–Trinajstić information content (AvgIpc) is 1.95. The summed E-state index contributed by atoms with van der Waals surface area (Å²) in [6, 6.07) is 1.41. The van der Waals surface area contributed by atoms with Gasteiger partial charge in [-0.2, -0.15) is 0 Å². The zero-order chi connectivity index (χ0) is 11.2. The molecule has 0 aromatic carbocycles. The summed E-state index contributed by atoms with van der Waals surface area (Å²) in [6.07, 6.45) is 2.44. The minimum absolute atomic E-state index is 0.746. The van der Waals surface area contributed by atoms with E-state index in [-0.39, 0.29) is 0 Å². The van der Waals surface area contributed by atoms with Crippen molar-refractivity contribution in [1.82, 2.24) is 0 Å². The standard InChI is InChI=1S/C12H27NSi/c1-11(2)10-12(3)13-8-7-9-14(4,5)6/h11H,7-10H2,1-6H3. The first-order valence-electron chi connectivity index (χ1n) is 5.81. The van der Waals surface area contributed by atoms with E-state index in [0.717, 1.165) is 18.9 Å². The second kappa shape index (κ2) is 6.39. The molecule has 0 amide bonds. The van der Waals surface area contributed by atoms with E-state index in [2.05, 4.69) is 45.4 Å². The highest BCUT2D eigenvalue weighted by Gasteiger charge is 2.11. The Morgan fingerprint density at radius 1 is 1.21 bits per heavy atom. The van der Waals surface area contributed by atoms with Gasteiger partial charge < -0.3 is 0 Å². The number of hydrogen-bond acceptors (Lipinski definition) is 1. The second-order valence-corrected chi connectivity index (χ2v) is 11.5. The molecular formula is C12H27NSi. The SMILES string of the molecule is CC(CC(C)C)=NCCC[Si](C)(C)C. The van der Waals surface area contributed by atoms with Crippen LogP contribution in [0, 0.1) is 5.92 Å². The molecule has 0 saturated heterocycles. The predicted octanol–water partition coefficient (Wildman–Crippen LogP) is 4.22. The first kappa shape index (κ1) is 13.9. The molecule has 0 aliphatic heterocycles. The molecular weight excluding hydrogens is 186 g/mol.